The van der Waals surface area contributed by atoms with Gasteiger partial charge in [0.2, 0.25) is 0 Å². The molecule has 1 aliphatic rings. The van der Waals surface area contributed by atoms with Gasteiger partial charge in [-0.3, -0.25) is 9.69 Å². The highest BCUT2D eigenvalue weighted by molar-refractivity contribution is 5.96. The second-order valence-electron chi connectivity index (χ2n) is 6.09. The van der Waals surface area contributed by atoms with Crippen LogP contribution in [0.2, 0.25) is 0 Å². The van der Waals surface area contributed by atoms with E-state index in [0.29, 0.717) is 32.1 Å². The van der Waals surface area contributed by atoms with Gasteiger partial charge in [-0.1, -0.05) is 12.1 Å². The number of rotatable bonds is 9. The van der Waals surface area contributed by atoms with Gasteiger partial charge in [0.15, 0.2) is 0 Å². The predicted octanol–water partition coefficient (Wildman–Crippen LogP) is 2.09. The summed E-state index contributed by atoms with van der Waals surface area (Å²) in [5.41, 5.74) is 0.204. The van der Waals surface area contributed by atoms with Crippen LogP contribution in [0.15, 0.2) is 24.3 Å². The number of nitrogens with one attached hydrogen (secondary N) is 2. The number of carbonyl (C=O) groups excluding carboxylic acids is 1. The molecule has 6 nitrogen and oxygen atoms in total. The molecule has 1 aromatic carbocycles. The first-order valence-electron chi connectivity index (χ1n) is 9.02. The number of piperazine rings is 1. The molecule has 1 fully saturated rings. The minimum absolute atomic E-state index is 0. The Bertz CT molecular complexity index is 599. The quantitative estimate of drug-likeness (QED) is 0.593. The Labute approximate surface area is 169 Å². The topological polar surface area (TPSA) is 62.8 Å². The Kier molecular flexibility index (Phi) is 10.6. The van der Waals surface area contributed by atoms with Crippen LogP contribution >= 0.6 is 12.4 Å². The zero-order valence-electron chi connectivity index (χ0n) is 15.8. The fourth-order valence-electron chi connectivity index (χ4n) is 2.87. The van der Waals surface area contributed by atoms with Crippen LogP contribution in [0, 0.1) is 0 Å². The SMILES string of the molecule is CCOCCOc1ccccc1C(=O)NCC(N1CCNCC1)C(F)(F)F.Cl. The largest absolute Gasteiger partial charge is 0.490 e. The maximum Gasteiger partial charge on any atom is 0.405 e. The lowest BCUT2D eigenvalue weighted by atomic mass is 10.1. The molecule has 2 N–H and O–H groups in total. The third kappa shape index (κ3) is 7.46. The maximum atomic E-state index is 13.4. The number of halogens is 4. The van der Waals surface area contributed by atoms with E-state index < -0.39 is 24.7 Å². The number of benzene rings is 1. The van der Waals surface area contributed by atoms with Crippen LogP contribution in [0.4, 0.5) is 13.2 Å². The molecule has 0 aromatic heterocycles. The van der Waals surface area contributed by atoms with Crippen molar-refractivity contribution in [1.82, 2.24) is 15.5 Å². The number of amides is 1. The van der Waals surface area contributed by atoms with Crippen molar-refractivity contribution in [3.05, 3.63) is 29.8 Å². The molecule has 1 atom stereocenters. The second kappa shape index (κ2) is 12.1. The van der Waals surface area contributed by atoms with E-state index in [1.165, 1.54) is 11.0 Å². The molecule has 0 spiro atoms. The lowest BCUT2D eigenvalue weighted by molar-refractivity contribution is -0.183. The maximum absolute atomic E-state index is 13.4. The van der Waals surface area contributed by atoms with Gasteiger partial charge in [0.25, 0.3) is 5.91 Å². The number of ether oxygens (including phenoxy) is 2. The molecule has 1 unspecified atom stereocenters. The molecular weight excluding hydrogens is 399 g/mol. The minimum Gasteiger partial charge on any atom is -0.490 e. The zero-order chi connectivity index (χ0) is 19.7. The van der Waals surface area contributed by atoms with E-state index in [9.17, 15) is 18.0 Å². The first-order chi connectivity index (χ1) is 12.9. The Balaban J connectivity index is 0.00000392. The van der Waals surface area contributed by atoms with E-state index in [1.54, 1.807) is 18.2 Å². The van der Waals surface area contributed by atoms with Gasteiger partial charge in [-0.05, 0) is 19.1 Å². The fourth-order valence-corrected chi connectivity index (χ4v) is 2.87. The van der Waals surface area contributed by atoms with Gasteiger partial charge < -0.3 is 20.1 Å². The summed E-state index contributed by atoms with van der Waals surface area (Å²) in [6.07, 6.45) is -4.42. The molecule has 0 aliphatic carbocycles. The Hall–Kier alpha value is -1.55. The monoisotopic (exact) mass is 425 g/mol. The van der Waals surface area contributed by atoms with Crippen molar-refractivity contribution in [3.8, 4) is 5.75 Å². The van der Waals surface area contributed by atoms with E-state index in [1.807, 2.05) is 6.92 Å². The molecule has 28 heavy (non-hydrogen) atoms. The summed E-state index contributed by atoms with van der Waals surface area (Å²) in [5.74, 6) is -0.271. The summed E-state index contributed by atoms with van der Waals surface area (Å²) in [6.45, 7) is 4.10. The van der Waals surface area contributed by atoms with Crippen LogP contribution in [0.5, 0.6) is 5.75 Å². The van der Waals surface area contributed by atoms with E-state index in [-0.39, 0.29) is 37.7 Å². The molecule has 1 heterocycles. The van der Waals surface area contributed by atoms with Crippen LogP contribution in [-0.2, 0) is 4.74 Å². The van der Waals surface area contributed by atoms with E-state index >= 15 is 0 Å². The van der Waals surface area contributed by atoms with Gasteiger partial charge in [-0.25, -0.2) is 0 Å². The number of para-hydroxylation sites is 1. The van der Waals surface area contributed by atoms with Gasteiger partial charge in [0, 0.05) is 39.3 Å². The first-order valence-corrected chi connectivity index (χ1v) is 9.02. The van der Waals surface area contributed by atoms with Gasteiger partial charge in [-0.15, -0.1) is 12.4 Å². The summed E-state index contributed by atoms with van der Waals surface area (Å²) >= 11 is 0. The Morgan fingerprint density at radius 1 is 1.25 bits per heavy atom. The summed E-state index contributed by atoms with van der Waals surface area (Å²) in [4.78, 5) is 13.8. The van der Waals surface area contributed by atoms with Crippen LogP contribution in [0.3, 0.4) is 0 Å². The standard InChI is InChI=1S/C18H26F3N3O3.ClH/c1-2-26-11-12-27-15-6-4-3-5-14(15)17(25)23-13-16(18(19,20)21)24-9-7-22-8-10-24;/h3-6,16,22H,2,7-13H2,1H3,(H,23,25);1H. The van der Waals surface area contributed by atoms with Crippen molar-refractivity contribution in [2.75, 3.05) is 52.5 Å². The summed E-state index contributed by atoms with van der Waals surface area (Å²) in [5, 5.41) is 5.44. The smallest absolute Gasteiger partial charge is 0.405 e. The number of carbonyl (C=O) groups is 1. The first kappa shape index (κ1) is 24.5. The van der Waals surface area contributed by atoms with Crippen LogP contribution in [0.25, 0.3) is 0 Å². The molecule has 10 heteroatoms. The van der Waals surface area contributed by atoms with Crippen LogP contribution < -0.4 is 15.4 Å². The summed E-state index contributed by atoms with van der Waals surface area (Å²) in [7, 11) is 0. The highest BCUT2D eigenvalue weighted by Crippen LogP contribution is 2.25. The Morgan fingerprint density at radius 3 is 2.57 bits per heavy atom. The molecule has 1 aliphatic heterocycles. The average molecular weight is 426 g/mol. The third-order valence-corrected chi connectivity index (χ3v) is 4.25. The fraction of sp³-hybridized carbons (Fsp3) is 0.611. The normalized spacial score (nSPS) is 16.1. The molecule has 0 saturated carbocycles. The van der Waals surface area contributed by atoms with Crippen molar-refractivity contribution < 1.29 is 27.4 Å². The average Bonchev–Trinajstić information content (AvgIpc) is 2.65. The molecular formula is C18H27ClF3N3O3. The second-order valence-corrected chi connectivity index (χ2v) is 6.09. The lowest BCUT2D eigenvalue weighted by Crippen LogP contribution is -2.57. The number of nitrogens with zero attached hydrogens (tertiary/aromatic N) is 1. The number of hydrogen-bond donors (Lipinski definition) is 2. The summed E-state index contributed by atoms with van der Waals surface area (Å²) in [6, 6.07) is 4.76. The Morgan fingerprint density at radius 2 is 1.93 bits per heavy atom. The number of hydrogen-bond acceptors (Lipinski definition) is 5. The van der Waals surface area contributed by atoms with Crippen LogP contribution in [0.1, 0.15) is 17.3 Å². The van der Waals surface area contributed by atoms with Crippen LogP contribution in [-0.4, -0.2) is 75.6 Å². The molecule has 1 saturated heterocycles. The molecule has 0 bridgehead atoms. The van der Waals surface area contributed by atoms with Crippen molar-refractivity contribution in [1.29, 1.82) is 0 Å². The van der Waals surface area contributed by atoms with Gasteiger partial charge in [0.1, 0.15) is 18.4 Å². The van der Waals surface area contributed by atoms with Crippen molar-refractivity contribution >= 4 is 18.3 Å². The highest BCUT2D eigenvalue weighted by atomic mass is 35.5. The van der Waals surface area contributed by atoms with E-state index in [0.717, 1.165) is 0 Å². The molecule has 1 aromatic rings. The third-order valence-electron chi connectivity index (χ3n) is 4.25. The van der Waals surface area contributed by atoms with Crippen molar-refractivity contribution in [3.63, 3.8) is 0 Å². The minimum atomic E-state index is -4.42. The molecule has 1 amide bonds. The predicted molar refractivity (Wildman–Crippen MR) is 102 cm³/mol. The van der Waals surface area contributed by atoms with E-state index in [4.69, 9.17) is 9.47 Å². The summed E-state index contributed by atoms with van der Waals surface area (Å²) < 4.78 is 51.0. The van der Waals surface area contributed by atoms with E-state index in [2.05, 4.69) is 10.6 Å². The number of alkyl halides is 3. The van der Waals surface area contributed by atoms with Crippen molar-refractivity contribution in [2.24, 2.45) is 0 Å². The lowest BCUT2D eigenvalue weighted by Gasteiger charge is -2.35. The molecule has 0 radical (unpaired) electrons. The van der Waals surface area contributed by atoms with Gasteiger partial charge in [0.05, 0.1) is 12.2 Å². The highest BCUT2D eigenvalue weighted by Gasteiger charge is 2.43. The zero-order valence-corrected chi connectivity index (χ0v) is 16.6. The van der Waals surface area contributed by atoms with Gasteiger partial charge in [-0.2, -0.15) is 13.2 Å². The molecule has 160 valence electrons. The van der Waals surface area contributed by atoms with Crippen molar-refractivity contribution in [2.45, 2.75) is 19.1 Å². The van der Waals surface area contributed by atoms with Gasteiger partial charge >= 0.3 is 6.18 Å². The molecule has 2 rings (SSSR count).